The minimum Gasteiger partial charge on any atom is -0.346 e. The summed E-state index contributed by atoms with van der Waals surface area (Å²) in [5, 5.41) is 8.94. The second-order valence-corrected chi connectivity index (χ2v) is 9.93. The summed E-state index contributed by atoms with van der Waals surface area (Å²) in [7, 11) is 0. The summed E-state index contributed by atoms with van der Waals surface area (Å²) in [5.74, 6) is -0.506. The summed E-state index contributed by atoms with van der Waals surface area (Å²) in [5.41, 5.74) is 0.625. The van der Waals surface area contributed by atoms with Crippen LogP contribution in [-0.4, -0.2) is 29.1 Å². The minimum absolute atomic E-state index is 0.273. The quantitative estimate of drug-likeness (QED) is 0.348. The van der Waals surface area contributed by atoms with Gasteiger partial charge in [-0.05, 0) is 81.8 Å². The highest BCUT2D eigenvalue weighted by Gasteiger charge is 2.33. The zero-order chi connectivity index (χ0) is 26.0. The molecular weight excluding hydrogens is 479 g/mol. The van der Waals surface area contributed by atoms with Gasteiger partial charge in [0.2, 0.25) is 11.8 Å². The van der Waals surface area contributed by atoms with E-state index < -0.39 is 23.2 Å². The van der Waals surface area contributed by atoms with Gasteiger partial charge >= 0.3 is 6.18 Å². The van der Waals surface area contributed by atoms with Crippen LogP contribution in [0.25, 0.3) is 0 Å². The summed E-state index contributed by atoms with van der Waals surface area (Å²) in [6.07, 6.45) is -2.27. The Labute approximate surface area is 208 Å². The van der Waals surface area contributed by atoms with Crippen molar-refractivity contribution in [3.8, 4) is 0 Å². The Kier molecular flexibility index (Phi) is 7.94. The first-order valence-electron chi connectivity index (χ1n) is 11.4. The molecule has 2 aromatic carbocycles. The van der Waals surface area contributed by atoms with Gasteiger partial charge in [0.15, 0.2) is 0 Å². The molecule has 0 saturated heterocycles. The maximum Gasteiger partial charge on any atom is 0.416 e. The van der Waals surface area contributed by atoms with Gasteiger partial charge in [0.05, 0.1) is 16.8 Å². The van der Waals surface area contributed by atoms with Crippen LogP contribution in [-0.2, 0) is 21.3 Å². The standard InChI is InChI=1S/C26H29ClF3N3O2/c1-16-12-21(27)10-11-22(16)17(2)32-33(24(35)13-18-8-9-18)15-23(34)31-25(3,4)19-6-5-7-20(14-19)26(28,29)30/h5-7,10-12,14,18H,8-9,13,15H2,1-4H3,(H,31,34)/b32-17+. The molecule has 35 heavy (non-hydrogen) atoms. The van der Waals surface area contributed by atoms with Crippen LogP contribution < -0.4 is 5.32 Å². The second-order valence-electron chi connectivity index (χ2n) is 9.50. The Morgan fingerprint density at radius 2 is 1.77 bits per heavy atom. The largest absolute Gasteiger partial charge is 0.416 e. The summed E-state index contributed by atoms with van der Waals surface area (Å²) < 4.78 is 39.4. The van der Waals surface area contributed by atoms with E-state index in [0.29, 0.717) is 28.6 Å². The number of carbonyl (C=O) groups excluding carboxylic acids is 2. The number of benzene rings is 2. The van der Waals surface area contributed by atoms with Gasteiger partial charge in [-0.25, -0.2) is 5.01 Å². The molecule has 2 aromatic rings. The van der Waals surface area contributed by atoms with Crippen LogP contribution in [0.5, 0.6) is 0 Å². The highest BCUT2D eigenvalue weighted by Crippen LogP contribution is 2.33. The molecule has 1 saturated carbocycles. The molecule has 1 aliphatic rings. The first-order valence-corrected chi connectivity index (χ1v) is 11.7. The highest BCUT2D eigenvalue weighted by molar-refractivity contribution is 6.30. The molecule has 0 heterocycles. The highest BCUT2D eigenvalue weighted by atomic mass is 35.5. The van der Waals surface area contributed by atoms with Crippen molar-refractivity contribution in [2.24, 2.45) is 11.0 Å². The van der Waals surface area contributed by atoms with Gasteiger partial charge in [-0.3, -0.25) is 9.59 Å². The topological polar surface area (TPSA) is 61.8 Å². The van der Waals surface area contributed by atoms with Crippen molar-refractivity contribution >= 4 is 29.1 Å². The molecule has 3 rings (SSSR count). The maximum absolute atomic E-state index is 13.1. The third-order valence-corrected chi connectivity index (χ3v) is 6.19. The average molecular weight is 508 g/mol. The Balaban J connectivity index is 1.80. The lowest BCUT2D eigenvalue weighted by Gasteiger charge is -2.29. The van der Waals surface area contributed by atoms with Gasteiger partial charge in [0.1, 0.15) is 6.54 Å². The van der Waals surface area contributed by atoms with Crippen LogP contribution in [0.4, 0.5) is 13.2 Å². The van der Waals surface area contributed by atoms with Crippen LogP contribution in [0, 0.1) is 12.8 Å². The first-order chi connectivity index (χ1) is 16.3. The molecule has 0 bridgehead atoms. The Morgan fingerprint density at radius 3 is 2.37 bits per heavy atom. The van der Waals surface area contributed by atoms with Crippen molar-refractivity contribution in [3.63, 3.8) is 0 Å². The molecule has 0 aromatic heterocycles. The summed E-state index contributed by atoms with van der Waals surface area (Å²) in [6.45, 7) is 6.50. The number of alkyl halides is 3. The Hall–Kier alpha value is -2.87. The fourth-order valence-corrected chi connectivity index (χ4v) is 4.03. The smallest absolute Gasteiger partial charge is 0.346 e. The van der Waals surface area contributed by atoms with Crippen LogP contribution >= 0.6 is 11.6 Å². The van der Waals surface area contributed by atoms with Crippen LogP contribution in [0.2, 0.25) is 5.02 Å². The predicted octanol–water partition coefficient (Wildman–Crippen LogP) is 6.07. The van der Waals surface area contributed by atoms with Crippen molar-refractivity contribution in [2.45, 2.75) is 58.7 Å². The normalized spacial score (nSPS) is 14.6. The number of hydrazone groups is 1. The van der Waals surface area contributed by atoms with Crippen LogP contribution in [0.15, 0.2) is 47.6 Å². The number of amides is 2. The lowest BCUT2D eigenvalue weighted by atomic mass is 9.92. The average Bonchev–Trinajstić information content (AvgIpc) is 3.56. The third-order valence-electron chi connectivity index (χ3n) is 5.95. The van der Waals surface area contributed by atoms with Crippen molar-refractivity contribution in [3.05, 3.63) is 69.7 Å². The molecule has 0 aliphatic heterocycles. The zero-order valence-corrected chi connectivity index (χ0v) is 20.9. The van der Waals surface area contributed by atoms with Crippen LogP contribution in [0.3, 0.4) is 0 Å². The Morgan fingerprint density at radius 1 is 1.11 bits per heavy atom. The van der Waals surface area contributed by atoms with Gasteiger partial charge in [-0.15, -0.1) is 0 Å². The van der Waals surface area contributed by atoms with E-state index in [2.05, 4.69) is 10.4 Å². The lowest BCUT2D eigenvalue weighted by Crippen LogP contribution is -2.46. The molecule has 5 nitrogen and oxygen atoms in total. The lowest BCUT2D eigenvalue weighted by molar-refractivity contribution is -0.138. The van der Waals surface area contributed by atoms with E-state index in [9.17, 15) is 22.8 Å². The number of aryl methyl sites for hydroxylation is 1. The summed E-state index contributed by atoms with van der Waals surface area (Å²) >= 11 is 6.04. The number of carbonyl (C=O) groups is 2. The van der Waals surface area contributed by atoms with E-state index in [1.54, 1.807) is 39.0 Å². The van der Waals surface area contributed by atoms with E-state index in [4.69, 9.17) is 11.6 Å². The zero-order valence-electron chi connectivity index (χ0n) is 20.2. The van der Waals surface area contributed by atoms with E-state index in [-0.39, 0.29) is 12.5 Å². The molecule has 9 heteroatoms. The van der Waals surface area contributed by atoms with Gasteiger partial charge in [-0.1, -0.05) is 29.8 Å². The van der Waals surface area contributed by atoms with Gasteiger partial charge in [0, 0.05) is 17.0 Å². The molecule has 0 atom stereocenters. The number of nitrogens with one attached hydrogen (secondary N) is 1. The minimum atomic E-state index is -4.49. The molecule has 1 aliphatic carbocycles. The fourth-order valence-electron chi connectivity index (χ4n) is 3.80. The second kappa shape index (κ2) is 10.4. The summed E-state index contributed by atoms with van der Waals surface area (Å²) in [4.78, 5) is 25.9. The van der Waals surface area contributed by atoms with E-state index in [1.165, 1.54) is 12.1 Å². The van der Waals surface area contributed by atoms with Crippen LogP contribution in [0.1, 0.15) is 62.3 Å². The number of rotatable bonds is 8. The molecule has 1 N–H and O–H groups in total. The molecule has 0 unspecified atom stereocenters. The van der Waals surface area contributed by atoms with Crippen molar-refractivity contribution in [1.29, 1.82) is 0 Å². The molecule has 1 fully saturated rings. The third kappa shape index (κ3) is 7.31. The van der Waals surface area contributed by atoms with Gasteiger partial charge in [-0.2, -0.15) is 18.3 Å². The SMILES string of the molecule is C/C(=N\N(CC(=O)NC(C)(C)c1cccc(C(F)(F)F)c1)C(=O)CC1CC1)c1ccc(Cl)cc1C. The van der Waals surface area contributed by atoms with E-state index >= 15 is 0 Å². The monoisotopic (exact) mass is 507 g/mol. The van der Waals surface area contributed by atoms with Crippen molar-refractivity contribution in [2.75, 3.05) is 6.54 Å². The van der Waals surface area contributed by atoms with E-state index in [0.717, 1.165) is 41.1 Å². The molecule has 188 valence electrons. The number of hydrogen-bond acceptors (Lipinski definition) is 3. The van der Waals surface area contributed by atoms with Gasteiger partial charge < -0.3 is 5.32 Å². The van der Waals surface area contributed by atoms with Crippen molar-refractivity contribution < 1.29 is 22.8 Å². The molecule has 0 spiro atoms. The molecule has 0 radical (unpaired) electrons. The number of halogens is 4. The maximum atomic E-state index is 13.1. The molecule has 2 amide bonds. The summed E-state index contributed by atoms with van der Waals surface area (Å²) in [6, 6.07) is 10.1. The predicted molar refractivity (Wildman–Crippen MR) is 130 cm³/mol. The van der Waals surface area contributed by atoms with Crippen molar-refractivity contribution in [1.82, 2.24) is 10.3 Å². The first kappa shape index (κ1) is 26.7. The molecular formula is C26H29ClF3N3O2. The number of hydrogen-bond donors (Lipinski definition) is 1. The Bertz CT molecular complexity index is 1140. The fraction of sp³-hybridized carbons (Fsp3) is 0.423. The van der Waals surface area contributed by atoms with E-state index in [1.807, 2.05) is 6.92 Å². The van der Waals surface area contributed by atoms with Gasteiger partial charge in [0.25, 0.3) is 0 Å². The number of nitrogens with zero attached hydrogens (tertiary/aromatic N) is 2.